The van der Waals surface area contributed by atoms with E-state index < -0.39 is 10.0 Å². The highest BCUT2D eigenvalue weighted by atomic mass is 32.2. The predicted molar refractivity (Wildman–Crippen MR) is 93.8 cm³/mol. The molecule has 4 rings (SSSR count). The van der Waals surface area contributed by atoms with Crippen molar-refractivity contribution >= 4 is 26.7 Å². The highest BCUT2D eigenvalue weighted by Crippen LogP contribution is 2.31. The average Bonchev–Trinajstić information content (AvgIpc) is 3.07. The maximum atomic E-state index is 12.6. The SMILES string of the molecule is O=S(=O)([N-]c1ccccc1)c1[nH]nc2ncc(-c3cccnc3)cc12. The summed E-state index contributed by atoms with van der Waals surface area (Å²) in [4.78, 5) is 8.29. The van der Waals surface area contributed by atoms with Crippen LogP contribution in [0.1, 0.15) is 0 Å². The molecule has 0 bridgehead atoms. The van der Waals surface area contributed by atoms with Crippen molar-refractivity contribution in [2.45, 2.75) is 5.03 Å². The first kappa shape index (κ1) is 15.3. The van der Waals surface area contributed by atoms with Crippen LogP contribution in [0.25, 0.3) is 26.9 Å². The van der Waals surface area contributed by atoms with Gasteiger partial charge < -0.3 is 4.72 Å². The number of sulfonamides is 1. The summed E-state index contributed by atoms with van der Waals surface area (Å²) in [6.45, 7) is 0. The van der Waals surface area contributed by atoms with E-state index in [0.717, 1.165) is 11.1 Å². The molecular weight excluding hydrogens is 338 g/mol. The number of nitrogens with zero attached hydrogens (tertiary/aromatic N) is 4. The van der Waals surface area contributed by atoms with Crippen molar-refractivity contribution in [2.75, 3.05) is 0 Å². The average molecular weight is 350 g/mol. The fourth-order valence-electron chi connectivity index (χ4n) is 2.44. The van der Waals surface area contributed by atoms with Crippen molar-refractivity contribution in [2.24, 2.45) is 0 Å². The maximum absolute atomic E-state index is 12.6. The molecule has 0 aliphatic carbocycles. The van der Waals surface area contributed by atoms with E-state index in [4.69, 9.17) is 0 Å². The van der Waals surface area contributed by atoms with Crippen LogP contribution in [0, 0.1) is 0 Å². The number of hydrogen-bond acceptors (Lipinski definition) is 5. The molecule has 0 saturated heterocycles. The molecule has 0 unspecified atom stereocenters. The van der Waals surface area contributed by atoms with E-state index in [1.807, 2.05) is 6.07 Å². The molecule has 0 saturated carbocycles. The topological polar surface area (TPSA) is 103 Å². The Morgan fingerprint density at radius 1 is 0.960 bits per heavy atom. The molecule has 0 radical (unpaired) electrons. The fraction of sp³-hybridized carbons (Fsp3) is 0. The molecule has 0 atom stereocenters. The van der Waals surface area contributed by atoms with E-state index in [9.17, 15) is 8.42 Å². The first-order valence-electron chi connectivity index (χ1n) is 7.41. The van der Waals surface area contributed by atoms with Crippen molar-refractivity contribution in [1.29, 1.82) is 0 Å². The summed E-state index contributed by atoms with van der Waals surface area (Å²) in [6, 6.07) is 13.9. The summed E-state index contributed by atoms with van der Waals surface area (Å²) in [6.07, 6.45) is 4.98. The van der Waals surface area contributed by atoms with E-state index in [1.54, 1.807) is 61.1 Å². The van der Waals surface area contributed by atoms with Gasteiger partial charge >= 0.3 is 0 Å². The van der Waals surface area contributed by atoms with E-state index >= 15 is 0 Å². The fourth-order valence-corrected chi connectivity index (χ4v) is 3.52. The molecule has 3 aromatic heterocycles. The molecule has 0 spiro atoms. The van der Waals surface area contributed by atoms with Crippen molar-refractivity contribution in [1.82, 2.24) is 20.2 Å². The zero-order valence-electron chi connectivity index (χ0n) is 12.9. The lowest BCUT2D eigenvalue weighted by Crippen LogP contribution is -1.99. The van der Waals surface area contributed by atoms with Crippen LogP contribution in [0.15, 0.2) is 72.1 Å². The molecular formula is C17H12N5O2S-. The monoisotopic (exact) mass is 350 g/mol. The van der Waals surface area contributed by atoms with E-state index in [0.29, 0.717) is 16.7 Å². The smallest absolute Gasteiger partial charge is 0.182 e. The number of nitrogens with one attached hydrogen (secondary N) is 1. The standard InChI is InChI=1S/C17H12N5O2S/c23-25(24,22-14-6-2-1-3-7-14)17-15-9-13(11-19-16(15)20-21-17)12-5-4-8-18-10-12/h1-11H,(H,19,20,21)/q-1. The minimum Gasteiger partial charge on any atom is -0.571 e. The molecule has 0 aliphatic rings. The predicted octanol–water partition coefficient (Wildman–Crippen LogP) is 3.41. The number of pyridine rings is 2. The lowest BCUT2D eigenvalue weighted by molar-refractivity contribution is 0.600. The van der Waals surface area contributed by atoms with Crippen LogP contribution in [-0.4, -0.2) is 28.6 Å². The van der Waals surface area contributed by atoms with Crippen LogP contribution in [-0.2, 0) is 10.0 Å². The Morgan fingerprint density at radius 2 is 1.80 bits per heavy atom. The number of benzene rings is 1. The molecule has 3 heterocycles. The van der Waals surface area contributed by atoms with Gasteiger partial charge in [-0.25, -0.2) is 13.4 Å². The normalized spacial score (nSPS) is 11.5. The third kappa shape index (κ3) is 2.94. The van der Waals surface area contributed by atoms with Gasteiger partial charge in [-0.05, 0) is 12.1 Å². The molecule has 4 aromatic rings. The lowest BCUT2D eigenvalue weighted by atomic mass is 10.1. The minimum atomic E-state index is -3.94. The molecule has 124 valence electrons. The minimum absolute atomic E-state index is 0.0791. The second-order valence-electron chi connectivity index (χ2n) is 5.29. The Hall–Kier alpha value is -3.26. The second-order valence-corrected chi connectivity index (χ2v) is 6.83. The van der Waals surface area contributed by atoms with Gasteiger partial charge in [0, 0.05) is 29.7 Å². The lowest BCUT2D eigenvalue weighted by Gasteiger charge is -2.20. The Balaban J connectivity index is 1.80. The third-order valence-corrected chi connectivity index (χ3v) is 4.89. The molecule has 8 heteroatoms. The maximum Gasteiger partial charge on any atom is 0.182 e. The van der Waals surface area contributed by atoms with Gasteiger partial charge in [-0.1, -0.05) is 36.4 Å². The summed E-state index contributed by atoms with van der Waals surface area (Å²) in [7, 11) is -3.94. The molecule has 0 amide bonds. The number of aromatic nitrogens is 4. The third-order valence-electron chi connectivity index (χ3n) is 3.61. The summed E-state index contributed by atoms with van der Waals surface area (Å²) in [5.41, 5.74) is 2.25. The zero-order valence-corrected chi connectivity index (χ0v) is 13.7. The quantitative estimate of drug-likeness (QED) is 0.607. The van der Waals surface area contributed by atoms with Gasteiger partial charge in [0.05, 0.1) is 5.39 Å². The molecule has 1 aromatic carbocycles. The van der Waals surface area contributed by atoms with Crippen LogP contribution in [0.3, 0.4) is 0 Å². The van der Waals surface area contributed by atoms with Gasteiger partial charge in [-0.15, -0.1) is 5.69 Å². The van der Waals surface area contributed by atoms with Crippen LogP contribution in [0.5, 0.6) is 0 Å². The van der Waals surface area contributed by atoms with Gasteiger partial charge in [0.25, 0.3) is 0 Å². The van der Waals surface area contributed by atoms with Crippen LogP contribution >= 0.6 is 0 Å². The molecule has 0 fully saturated rings. The van der Waals surface area contributed by atoms with Gasteiger partial charge in [0.15, 0.2) is 5.65 Å². The molecule has 1 N–H and O–H groups in total. The molecule has 0 aliphatic heterocycles. The van der Waals surface area contributed by atoms with Crippen molar-refractivity contribution in [3.05, 3.63) is 71.8 Å². The van der Waals surface area contributed by atoms with E-state index in [-0.39, 0.29) is 5.03 Å². The van der Waals surface area contributed by atoms with Crippen LogP contribution in [0.2, 0.25) is 0 Å². The zero-order chi connectivity index (χ0) is 17.3. The van der Waals surface area contributed by atoms with E-state index in [2.05, 4.69) is 24.9 Å². The summed E-state index contributed by atoms with van der Waals surface area (Å²) >= 11 is 0. The Bertz CT molecular complexity index is 1130. The second kappa shape index (κ2) is 5.99. The number of hydrogen-bond donors (Lipinski definition) is 1. The summed E-state index contributed by atoms with van der Waals surface area (Å²) < 4.78 is 29.1. The number of rotatable bonds is 4. The number of fused-ring (bicyclic) bond motifs is 1. The van der Waals surface area contributed by atoms with E-state index in [1.165, 1.54) is 0 Å². The van der Waals surface area contributed by atoms with Gasteiger partial charge in [0.2, 0.25) is 0 Å². The van der Waals surface area contributed by atoms with Gasteiger partial charge in [0.1, 0.15) is 15.0 Å². The highest BCUT2D eigenvalue weighted by molar-refractivity contribution is 7.94. The molecule has 25 heavy (non-hydrogen) atoms. The molecule has 7 nitrogen and oxygen atoms in total. The number of H-pyrrole nitrogens is 1. The van der Waals surface area contributed by atoms with Crippen molar-refractivity contribution < 1.29 is 8.42 Å². The van der Waals surface area contributed by atoms with Gasteiger partial charge in [-0.2, -0.15) is 5.10 Å². The highest BCUT2D eigenvalue weighted by Gasteiger charge is 2.15. The summed E-state index contributed by atoms with van der Waals surface area (Å²) in [5.74, 6) is 0. The van der Waals surface area contributed by atoms with Crippen molar-refractivity contribution in [3.8, 4) is 11.1 Å². The van der Waals surface area contributed by atoms with Crippen molar-refractivity contribution in [3.63, 3.8) is 0 Å². The Morgan fingerprint density at radius 3 is 2.56 bits per heavy atom. The van der Waals surface area contributed by atoms with Crippen LogP contribution < -0.4 is 0 Å². The van der Waals surface area contributed by atoms with Gasteiger partial charge in [-0.3, -0.25) is 10.1 Å². The first-order chi connectivity index (χ1) is 12.1. The number of aromatic amines is 1. The summed E-state index contributed by atoms with van der Waals surface area (Å²) in [5, 5.41) is 6.82. The Kier molecular flexibility index (Phi) is 3.66. The van der Waals surface area contributed by atoms with Crippen LogP contribution in [0.4, 0.5) is 5.69 Å². The Labute approximate surface area is 143 Å². The first-order valence-corrected chi connectivity index (χ1v) is 8.85. The largest absolute Gasteiger partial charge is 0.571 e.